The summed E-state index contributed by atoms with van der Waals surface area (Å²) in [5.74, 6) is -1.21. The highest BCUT2D eigenvalue weighted by Crippen LogP contribution is 2.40. The highest BCUT2D eigenvalue weighted by Gasteiger charge is 2.38. The molecule has 1 aromatic rings. The molecule has 4 rings (SSSR count). The molecule has 5 nitrogen and oxygen atoms in total. The molecule has 3 aliphatic rings. The largest absolute Gasteiger partial charge is 0.346 e. The number of anilines is 1. The van der Waals surface area contributed by atoms with E-state index in [1.807, 2.05) is 0 Å². The van der Waals surface area contributed by atoms with Crippen LogP contribution in [0.25, 0.3) is 0 Å². The lowest BCUT2D eigenvalue weighted by molar-refractivity contribution is -0.141. The summed E-state index contributed by atoms with van der Waals surface area (Å²) in [6.07, 6.45) is 3.69. The lowest BCUT2D eigenvalue weighted by Gasteiger charge is -2.37. The molecule has 3 heterocycles. The van der Waals surface area contributed by atoms with Crippen LogP contribution in [0.15, 0.2) is 0 Å². The van der Waals surface area contributed by atoms with Crippen LogP contribution in [-0.2, 0) is 4.79 Å². The summed E-state index contributed by atoms with van der Waals surface area (Å²) in [5.41, 5.74) is 0. The zero-order chi connectivity index (χ0) is 16.7. The second-order valence-electron chi connectivity index (χ2n) is 7.18. The first-order valence-corrected chi connectivity index (χ1v) is 9.54. The van der Waals surface area contributed by atoms with Crippen molar-refractivity contribution in [2.75, 3.05) is 31.1 Å². The molecule has 1 unspecified atom stereocenters. The van der Waals surface area contributed by atoms with Crippen LogP contribution in [-0.4, -0.2) is 52.3 Å². The number of halogens is 2. The van der Waals surface area contributed by atoms with Gasteiger partial charge in [-0.2, -0.15) is 4.37 Å². The van der Waals surface area contributed by atoms with E-state index < -0.39 is 5.92 Å². The molecule has 0 radical (unpaired) electrons. The van der Waals surface area contributed by atoms with Gasteiger partial charge in [0.15, 0.2) is 0 Å². The van der Waals surface area contributed by atoms with Gasteiger partial charge < -0.3 is 9.80 Å². The number of carbonyl (C=O) groups is 1. The van der Waals surface area contributed by atoms with Crippen LogP contribution >= 0.6 is 11.5 Å². The maximum atomic E-state index is 13.3. The van der Waals surface area contributed by atoms with Crippen LogP contribution < -0.4 is 4.90 Å². The number of alkyl halides is 2. The maximum Gasteiger partial charge on any atom is 0.251 e. The van der Waals surface area contributed by atoms with Gasteiger partial charge in [0.1, 0.15) is 5.82 Å². The number of likely N-dealkylation sites (tertiary alicyclic amines) is 1. The fourth-order valence-corrected chi connectivity index (χ4v) is 4.31. The molecule has 2 aliphatic heterocycles. The molecule has 8 heteroatoms. The van der Waals surface area contributed by atoms with Crippen molar-refractivity contribution in [1.82, 2.24) is 14.3 Å². The summed E-state index contributed by atoms with van der Waals surface area (Å²) < 4.78 is 31.0. The molecule has 1 aromatic heterocycles. The standard InChI is InChI=1S/C16H22F2N4OS/c17-16(18)5-8-21(9-6-16)14(23)12-2-1-7-22(10-12)15-19-13(20-24-15)11-3-4-11/h11-12H,1-10H2. The summed E-state index contributed by atoms with van der Waals surface area (Å²) in [6, 6.07) is 0. The Hall–Kier alpha value is -1.31. The van der Waals surface area contributed by atoms with E-state index >= 15 is 0 Å². The van der Waals surface area contributed by atoms with Crippen molar-refractivity contribution in [2.24, 2.45) is 5.92 Å². The lowest BCUT2D eigenvalue weighted by Crippen LogP contribution is -2.49. The molecule has 0 aromatic carbocycles. The second kappa shape index (κ2) is 6.20. The number of hydrogen-bond acceptors (Lipinski definition) is 5. The molecule has 0 bridgehead atoms. The average Bonchev–Trinajstić information content (AvgIpc) is 3.31. The van der Waals surface area contributed by atoms with Crippen LogP contribution in [0.1, 0.15) is 50.3 Å². The van der Waals surface area contributed by atoms with Gasteiger partial charge in [0.2, 0.25) is 11.0 Å². The Kier molecular flexibility index (Phi) is 4.18. The van der Waals surface area contributed by atoms with Gasteiger partial charge >= 0.3 is 0 Å². The first-order valence-electron chi connectivity index (χ1n) is 8.77. The third-order valence-electron chi connectivity index (χ3n) is 5.22. The monoisotopic (exact) mass is 356 g/mol. The molecule has 1 aliphatic carbocycles. The normalized spacial score (nSPS) is 27.3. The first-order chi connectivity index (χ1) is 11.5. The fraction of sp³-hybridized carbons (Fsp3) is 0.812. The Bertz CT molecular complexity index is 609. The first kappa shape index (κ1) is 16.2. The molecule has 132 valence electrons. The van der Waals surface area contributed by atoms with Crippen molar-refractivity contribution < 1.29 is 13.6 Å². The quantitative estimate of drug-likeness (QED) is 0.836. The Morgan fingerprint density at radius 3 is 2.62 bits per heavy atom. The van der Waals surface area contributed by atoms with E-state index in [-0.39, 0.29) is 37.8 Å². The lowest BCUT2D eigenvalue weighted by atomic mass is 9.95. The van der Waals surface area contributed by atoms with Gasteiger partial charge in [0.25, 0.3) is 5.92 Å². The SMILES string of the molecule is O=C(C1CCCN(c2nc(C3CC3)ns2)C1)N1CCC(F)(F)CC1. The Balaban J connectivity index is 1.38. The van der Waals surface area contributed by atoms with Crippen LogP contribution in [0.4, 0.5) is 13.9 Å². The molecular formula is C16H22F2N4OS. The molecule has 1 amide bonds. The summed E-state index contributed by atoms with van der Waals surface area (Å²) in [4.78, 5) is 21.1. The predicted molar refractivity (Wildman–Crippen MR) is 87.6 cm³/mol. The van der Waals surface area contributed by atoms with Crippen LogP contribution in [0.5, 0.6) is 0 Å². The van der Waals surface area contributed by atoms with E-state index in [4.69, 9.17) is 0 Å². The van der Waals surface area contributed by atoms with Gasteiger partial charge in [-0.1, -0.05) is 0 Å². The average molecular weight is 356 g/mol. The Morgan fingerprint density at radius 2 is 1.92 bits per heavy atom. The third-order valence-corrected chi connectivity index (χ3v) is 6.01. The van der Waals surface area contributed by atoms with Gasteiger partial charge in [-0.15, -0.1) is 0 Å². The summed E-state index contributed by atoms with van der Waals surface area (Å²) in [7, 11) is 0. The molecule has 0 spiro atoms. The van der Waals surface area contributed by atoms with Gasteiger partial charge in [0.05, 0.1) is 5.92 Å². The Labute approximate surface area is 144 Å². The molecule has 2 saturated heterocycles. The molecule has 3 fully saturated rings. The van der Waals surface area contributed by atoms with Crippen LogP contribution in [0, 0.1) is 5.92 Å². The molecular weight excluding hydrogens is 334 g/mol. The van der Waals surface area contributed by atoms with Crippen molar-refractivity contribution in [1.29, 1.82) is 0 Å². The summed E-state index contributed by atoms with van der Waals surface area (Å²) in [6.45, 7) is 1.87. The van der Waals surface area contributed by atoms with E-state index in [1.54, 1.807) is 4.90 Å². The van der Waals surface area contributed by atoms with Crippen LogP contribution in [0.2, 0.25) is 0 Å². The highest BCUT2D eigenvalue weighted by molar-refractivity contribution is 7.09. The molecule has 0 N–H and O–H groups in total. The van der Waals surface area contributed by atoms with Crippen molar-refractivity contribution >= 4 is 22.6 Å². The van der Waals surface area contributed by atoms with E-state index in [2.05, 4.69) is 14.3 Å². The fourth-order valence-electron chi connectivity index (χ4n) is 3.53. The van der Waals surface area contributed by atoms with Crippen molar-refractivity contribution in [2.45, 2.75) is 50.4 Å². The van der Waals surface area contributed by atoms with Gasteiger partial charge in [-0.3, -0.25) is 4.79 Å². The number of carbonyl (C=O) groups excluding carboxylic acids is 1. The number of piperidine rings is 2. The van der Waals surface area contributed by atoms with E-state index in [0.717, 1.165) is 30.3 Å². The van der Waals surface area contributed by atoms with Gasteiger partial charge in [-0.25, -0.2) is 13.8 Å². The zero-order valence-corrected chi connectivity index (χ0v) is 14.4. The smallest absolute Gasteiger partial charge is 0.251 e. The van der Waals surface area contributed by atoms with Crippen molar-refractivity contribution in [3.63, 3.8) is 0 Å². The van der Waals surface area contributed by atoms with Crippen molar-refractivity contribution in [3.8, 4) is 0 Å². The van der Waals surface area contributed by atoms with E-state index in [0.29, 0.717) is 12.5 Å². The minimum atomic E-state index is -2.61. The number of aromatic nitrogens is 2. The second-order valence-corrected chi connectivity index (χ2v) is 7.91. The molecule has 1 atom stereocenters. The zero-order valence-electron chi connectivity index (χ0n) is 13.6. The van der Waals surface area contributed by atoms with E-state index in [1.165, 1.54) is 24.4 Å². The maximum absolute atomic E-state index is 13.3. The minimum absolute atomic E-state index is 0.0298. The van der Waals surface area contributed by atoms with Gasteiger partial charge in [0, 0.05) is 56.5 Å². The molecule has 1 saturated carbocycles. The molecule has 24 heavy (non-hydrogen) atoms. The van der Waals surface area contributed by atoms with Crippen molar-refractivity contribution in [3.05, 3.63) is 5.82 Å². The summed E-state index contributed by atoms with van der Waals surface area (Å²) in [5, 5.41) is 0.902. The minimum Gasteiger partial charge on any atom is -0.346 e. The predicted octanol–water partition coefficient (Wildman–Crippen LogP) is 2.89. The van der Waals surface area contributed by atoms with Crippen LogP contribution in [0.3, 0.4) is 0 Å². The number of hydrogen-bond donors (Lipinski definition) is 0. The van der Waals surface area contributed by atoms with E-state index in [9.17, 15) is 13.6 Å². The van der Waals surface area contributed by atoms with Gasteiger partial charge in [-0.05, 0) is 25.7 Å². The third kappa shape index (κ3) is 3.38. The number of rotatable bonds is 3. The topological polar surface area (TPSA) is 49.3 Å². The highest BCUT2D eigenvalue weighted by atomic mass is 32.1. The Morgan fingerprint density at radius 1 is 1.17 bits per heavy atom. The summed E-state index contributed by atoms with van der Waals surface area (Å²) >= 11 is 1.41. The number of amides is 1. The number of nitrogens with zero attached hydrogens (tertiary/aromatic N) is 4.